The van der Waals surface area contributed by atoms with E-state index < -0.39 is 5.91 Å². The van der Waals surface area contributed by atoms with E-state index in [-0.39, 0.29) is 0 Å². The molecule has 0 saturated carbocycles. The summed E-state index contributed by atoms with van der Waals surface area (Å²) in [6.07, 6.45) is 0. The van der Waals surface area contributed by atoms with Crippen molar-refractivity contribution in [3.05, 3.63) is 16.1 Å². The SMILES string of the molecule is NC(=O)c1cc(Cl)ns1. The van der Waals surface area contributed by atoms with Crippen LogP contribution in [0.4, 0.5) is 0 Å². The zero-order valence-electron chi connectivity index (χ0n) is 4.30. The fourth-order valence-electron chi connectivity index (χ4n) is 0.370. The molecule has 2 N–H and O–H groups in total. The van der Waals surface area contributed by atoms with Gasteiger partial charge in [-0.05, 0) is 11.5 Å². The summed E-state index contributed by atoms with van der Waals surface area (Å²) < 4.78 is 3.64. The van der Waals surface area contributed by atoms with Crippen molar-refractivity contribution in [1.82, 2.24) is 4.37 Å². The first kappa shape index (κ1) is 6.51. The Hall–Kier alpha value is -0.610. The van der Waals surface area contributed by atoms with Crippen LogP contribution in [0.25, 0.3) is 0 Å². The summed E-state index contributed by atoms with van der Waals surface area (Å²) in [5, 5.41) is 0.314. The van der Waals surface area contributed by atoms with E-state index in [9.17, 15) is 4.79 Å². The van der Waals surface area contributed by atoms with Crippen molar-refractivity contribution in [2.24, 2.45) is 5.73 Å². The maximum atomic E-state index is 10.3. The van der Waals surface area contributed by atoms with Gasteiger partial charge in [-0.15, -0.1) is 0 Å². The van der Waals surface area contributed by atoms with Crippen LogP contribution in [0.1, 0.15) is 9.67 Å². The molecule has 0 aliphatic heterocycles. The van der Waals surface area contributed by atoms with Gasteiger partial charge in [-0.3, -0.25) is 4.79 Å². The van der Waals surface area contributed by atoms with Crippen molar-refractivity contribution >= 4 is 29.0 Å². The number of hydrogen-bond donors (Lipinski definition) is 1. The molecule has 3 nitrogen and oxygen atoms in total. The topological polar surface area (TPSA) is 56.0 Å². The molecule has 1 aromatic heterocycles. The summed E-state index contributed by atoms with van der Waals surface area (Å²) in [6, 6.07) is 1.44. The second-order valence-electron chi connectivity index (χ2n) is 1.38. The molecular formula is C4H3ClN2OS. The maximum absolute atomic E-state index is 10.3. The molecule has 0 saturated heterocycles. The summed E-state index contributed by atoms with van der Waals surface area (Å²) in [5.74, 6) is -0.487. The van der Waals surface area contributed by atoms with E-state index in [0.717, 1.165) is 11.5 Å². The Morgan fingerprint density at radius 1 is 1.89 bits per heavy atom. The highest BCUT2D eigenvalue weighted by Crippen LogP contribution is 2.12. The smallest absolute Gasteiger partial charge is 0.260 e. The quantitative estimate of drug-likeness (QED) is 0.667. The van der Waals surface area contributed by atoms with Gasteiger partial charge in [0.1, 0.15) is 10.0 Å². The van der Waals surface area contributed by atoms with Crippen LogP contribution in [-0.4, -0.2) is 10.3 Å². The number of aromatic nitrogens is 1. The Kier molecular flexibility index (Phi) is 1.68. The second-order valence-corrected chi connectivity index (χ2v) is 2.57. The van der Waals surface area contributed by atoms with Crippen LogP contribution < -0.4 is 5.73 Å². The van der Waals surface area contributed by atoms with Crippen molar-refractivity contribution in [3.8, 4) is 0 Å². The first-order valence-electron chi connectivity index (χ1n) is 2.12. The number of amides is 1. The third-order valence-electron chi connectivity index (χ3n) is 0.724. The Morgan fingerprint density at radius 2 is 2.56 bits per heavy atom. The van der Waals surface area contributed by atoms with Gasteiger partial charge < -0.3 is 5.73 Å². The molecule has 0 aliphatic carbocycles. The minimum Gasteiger partial charge on any atom is -0.365 e. The van der Waals surface area contributed by atoms with Gasteiger partial charge in [-0.1, -0.05) is 11.6 Å². The van der Waals surface area contributed by atoms with Gasteiger partial charge in [-0.25, -0.2) is 0 Å². The monoisotopic (exact) mass is 162 g/mol. The molecule has 0 radical (unpaired) electrons. The van der Waals surface area contributed by atoms with Crippen LogP contribution in [-0.2, 0) is 0 Å². The minimum absolute atomic E-state index is 0.314. The molecule has 1 rings (SSSR count). The summed E-state index contributed by atoms with van der Waals surface area (Å²) in [7, 11) is 0. The molecule has 1 amide bonds. The van der Waals surface area contributed by atoms with Crippen LogP contribution >= 0.6 is 23.1 Å². The van der Waals surface area contributed by atoms with E-state index in [1.807, 2.05) is 0 Å². The van der Waals surface area contributed by atoms with E-state index in [1.165, 1.54) is 6.07 Å². The third-order valence-corrected chi connectivity index (χ3v) is 1.82. The Morgan fingerprint density at radius 3 is 2.78 bits per heavy atom. The average molecular weight is 163 g/mol. The lowest BCUT2D eigenvalue weighted by molar-refractivity contribution is 0.100. The van der Waals surface area contributed by atoms with Gasteiger partial charge in [-0.2, -0.15) is 4.37 Å². The number of rotatable bonds is 1. The predicted octanol–water partition coefficient (Wildman–Crippen LogP) is 0.895. The molecule has 0 unspecified atom stereocenters. The van der Waals surface area contributed by atoms with Gasteiger partial charge in [0.05, 0.1) is 0 Å². The van der Waals surface area contributed by atoms with Gasteiger partial charge in [0.15, 0.2) is 0 Å². The second kappa shape index (κ2) is 2.33. The Labute approximate surface area is 60.6 Å². The van der Waals surface area contributed by atoms with E-state index in [4.69, 9.17) is 17.3 Å². The summed E-state index contributed by atoms with van der Waals surface area (Å²) >= 11 is 6.40. The average Bonchev–Trinajstić information content (AvgIpc) is 2.14. The number of halogens is 1. The normalized spacial score (nSPS) is 9.44. The van der Waals surface area contributed by atoms with Gasteiger partial charge in [0.2, 0.25) is 0 Å². The Bertz CT molecular complexity index is 234. The minimum atomic E-state index is -0.487. The summed E-state index contributed by atoms with van der Waals surface area (Å²) in [6.45, 7) is 0. The first-order chi connectivity index (χ1) is 4.20. The van der Waals surface area contributed by atoms with Crippen molar-refractivity contribution < 1.29 is 4.79 Å². The third kappa shape index (κ3) is 1.40. The van der Waals surface area contributed by atoms with Crippen molar-refractivity contribution in [2.75, 3.05) is 0 Å². The molecule has 0 aromatic carbocycles. The highest BCUT2D eigenvalue weighted by Gasteiger charge is 2.03. The molecule has 1 aromatic rings. The highest BCUT2D eigenvalue weighted by molar-refractivity contribution is 7.08. The van der Waals surface area contributed by atoms with Crippen molar-refractivity contribution in [2.45, 2.75) is 0 Å². The molecule has 48 valence electrons. The number of hydrogen-bond acceptors (Lipinski definition) is 3. The number of nitrogens with two attached hydrogens (primary N) is 1. The fraction of sp³-hybridized carbons (Fsp3) is 0. The van der Waals surface area contributed by atoms with E-state index in [2.05, 4.69) is 4.37 Å². The van der Waals surface area contributed by atoms with E-state index >= 15 is 0 Å². The first-order valence-corrected chi connectivity index (χ1v) is 3.27. The lowest BCUT2D eigenvalue weighted by Crippen LogP contribution is -2.08. The summed E-state index contributed by atoms with van der Waals surface area (Å²) in [5.41, 5.74) is 4.90. The predicted molar refractivity (Wildman–Crippen MR) is 35.6 cm³/mol. The van der Waals surface area contributed by atoms with Crippen LogP contribution in [0.3, 0.4) is 0 Å². The van der Waals surface area contributed by atoms with Gasteiger partial charge in [0.25, 0.3) is 5.91 Å². The molecule has 0 bridgehead atoms. The zero-order chi connectivity index (χ0) is 6.85. The fourth-order valence-corrected chi connectivity index (χ4v) is 1.14. The van der Waals surface area contributed by atoms with Crippen LogP contribution in [0, 0.1) is 0 Å². The van der Waals surface area contributed by atoms with Crippen LogP contribution in [0.2, 0.25) is 5.15 Å². The summed E-state index contributed by atoms with van der Waals surface area (Å²) in [4.78, 5) is 10.7. The molecule has 9 heavy (non-hydrogen) atoms. The molecule has 5 heteroatoms. The number of primary amides is 1. The number of carbonyl (C=O) groups is 1. The standard InChI is InChI=1S/C4H3ClN2OS/c5-3-1-2(4(6)8)9-7-3/h1H,(H2,6,8). The lowest BCUT2D eigenvalue weighted by Gasteiger charge is -1.78. The number of carbonyl (C=O) groups excluding carboxylic acids is 1. The molecule has 1 heterocycles. The van der Waals surface area contributed by atoms with Gasteiger partial charge in [0, 0.05) is 6.07 Å². The molecule has 0 atom stereocenters. The molecule has 0 spiro atoms. The van der Waals surface area contributed by atoms with E-state index in [1.54, 1.807) is 0 Å². The van der Waals surface area contributed by atoms with Crippen molar-refractivity contribution in [1.29, 1.82) is 0 Å². The highest BCUT2D eigenvalue weighted by atomic mass is 35.5. The van der Waals surface area contributed by atoms with Crippen LogP contribution in [0.15, 0.2) is 6.07 Å². The van der Waals surface area contributed by atoms with E-state index in [0.29, 0.717) is 10.0 Å². The zero-order valence-corrected chi connectivity index (χ0v) is 5.87. The largest absolute Gasteiger partial charge is 0.365 e. The van der Waals surface area contributed by atoms with Crippen molar-refractivity contribution in [3.63, 3.8) is 0 Å². The lowest BCUT2D eigenvalue weighted by atomic mass is 10.5. The maximum Gasteiger partial charge on any atom is 0.260 e. The molecule has 0 fully saturated rings. The van der Waals surface area contributed by atoms with Crippen LogP contribution in [0.5, 0.6) is 0 Å². The number of nitrogens with zero attached hydrogens (tertiary/aromatic N) is 1. The van der Waals surface area contributed by atoms with Gasteiger partial charge >= 0.3 is 0 Å². The Balaban J connectivity index is 2.98. The molecule has 0 aliphatic rings. The molecular weight excluding hydrogens is 160 g/mol.